The van der Waals surface area contributed by atoms with Crippen molar-refractivity contribution >= 4 is 38.6 Å². The van der Waals surface area contributed by atoms with Crippen molar-refractivity contribution in [1.29, 1.82) is 0 Å². The number of hydrogen-bond acceptors (Lipinski definition) is 8. The van der Waals surface area contributed by atoms with Crippen LogP contribution in [0.3, 0.4) is 0 Å². The third-order valence-electron chi connectivity index (χ3n) is 5.60. The van der Waals surface area contributed by atoms with Gasteiger partial charge in [0.2, 0.25) is 15.9 Å². The Balaban J connectivity index is 1.53. The molecule has 3 aromatic rings. The summed E-state index contributed by atoms with van der Waals surface area (Å²) in [4.78, 5) is 36.1. The molecule has 190 valence electrons. The number of sulfonamides is 1. The van der Waals surface area contributed by atoms with Crippen molar-refractivity contribution < 1.29 is 31.9 Å². The van der Waals surface area contributed by atoms with Crippen LogP contribution < -0.4 is 10.9 Å². The van der Waals surface area contributed by atoms with E-state index in [1.807, 2.05) is 0 Å². The molecule has 1 fully saturated rings. The number of hydrogen-bond donors (Lipinski definition) is 1. The lowest BCUT2D eigenvalue weighted by molar-refractivity contribution is -0.114. The van der Waals surface area contributed by atoms with E-state index in [0.29, 0.717) is 16.6 Å². The maximum Gasteiger partial charge on any atom is 0.338 e. The summed E-state index contributed by atoms with van der Waals surface area (Å²) in [5, 5.41) is 3.14. The number of ether oxygens (including phenoxy) is 2. The lowest BCUT2D eigenvalue weighted by atomic mass is 10.1. The van der Waals surface area contributed by atoms with E-state index in [1.165, 1.54) is 47.6 Å². The van der Waals surface area contributed by atoms with E-state index in [0.717, 1.165) is 0 Å². The number of carbonyl (C=O) groups is 2. The highest BCUT2D eigenvalue weighted by molar-refractivity contribution is 7.89. The van der Waals surface area contributed by atoms with Gasteiger partial charge in [-0.2, -0.15) is 4.31 Å². The normalized spacial score (nSPS) is 18.6. The van der Waals surface area contributed by atoms with Gasteiger partial charge in [0.05, 0.1) is 22.7 Å². The maximum absolute atomic E-state index is 13.2. The molecule has 2 atom stereocenters. The largest absolute Gasteiger partial charge is 0.457 e. The fraction of sp³-hybridized carbons (Fsp3) is 0.320. The molecule has 1 saturated heterocycles. The summed E-state index contributed by atoms with van der Waals surface area (Å²) < 4.78 is 43.9. The number of nitrogens with one attached hydrogen (secondary N) is 1. The van der Waals surface area contributed by atoms with E-state index in [2.05, 4.69) is 5.32 Å². The predicted octanol–water partition coefficient (Wildman–Crippen LogP) is 2.91. The first kappa shape index (κ1) is 25.5. The topological polar surface area (TPSA) is 132 Å². The van der Waals surface area contributed by atoms with Gasteiger partial charge in [0.1, 0.15) is 12.2 Å². The van der Waals surface area contributed by atoms with Gasteiger partial charge in [0.25, 0.3) is 0 Å². The molecule has 2 aromatic carbocycles. The van der Waals surface area contributed by atoms with Gasteiger partial charge < -0.3 is 19.2 Å². The number of anilines is 1. The molecule has 1 amide bonds. The van der Waals surface area contributed by atoms with Gasteiger partial charge >= 0.3 is 11.6 Å². The Morgan fingerprint density at radius 1 is 1.08 bits per heavy atom. The molecular weight excluding hydrogens is 488 g/mol. The number of rotatable bonds is 6. The summed E-state index contributed by atoms with van der Waals surface area (Å²) in [6.45, 7) is 5.17. The summed E-state index contributed by atoms with van der Waals surface area (Å²) in [5.74, 6) is -1.02. The molecule has 36 heavy (non-hydrogen) atoms. The lowest BCUT2D eigenvalue weighted by Crippen LogP contribution is -2.48. The molecular formula is C25H26N2O8S. The zero-order valence-corrected chi connectivity index (χ0v) is 20.8. The Bertz CT molecular complexity index is 1470. The van der Waals surface area contributed by atoms with Crippen LogP contribution in [-0.4, -0.2) is 49.9 Å². The number of nitrogens with zero attached hydrogens (tertiary/aromatic N) is 1. The second-order valence-electron chi connectivity index (χ2n) is 8.67. The summed E-state index contributed by atoms with van der Waals surface area (Å²) >= 11 is 0. The van der Waals surface area contributed by atoms with Crippen molar-refractivity contribution in [1.82, 2.24) is 4.31 Å². The van der Waals surface area contributed by atoms with Gasteiger partial charge in [-0.05, 0) is 44.2 Å². The van der Waals surface area contributed by atoms with E-state index in [9.17, 15) is 22.8 Å². The van der Waals surface area contributed by atoms with Gasteiger partial charge in [0, 0.05) is 48.8 Å². The van der Waals surface area contributed by atoms with Crippen LogP contribution in [0.1, 0.15) is 36.7 Å². The molecule has 1 aliphatic heterocycles. The second kappa shape index (κ2) is 10.2. The van der Waals surface area contributed by atoms with Crippen LogP contribution >= 0.6 is 0 Å². The zero-order valence-electron chi connectivity index (χ0n) is 20.0. The number of carbonyl (C=O) groups excluding carboxylic acids is 2. The van der Waals surface area contributed by atoms with Gasteiger partial charge in [-0.3, -0.25) is 4.79 Å². The maximum atomic E-state index is 13.2. The fourth-order valence-electron chi connectivity index (χ4n) is 4.12. The van der Waals surface area contributed by atoms with E-state index in [4.69, 9.17) is 13.9 Å². The average Bonchev–Trinajstić information content (AvgIpc) is 2.81. The number of morpholine rings is 1. The number of esters is 1. The van der Waals surface area contributed by atoms with E-state index in [1.54, 1.807) is 26.0 Å². The first-order chi connectivity index (χ1) is 17.0. The number of fused-ring (bicyclic) bond motifs is 1. The van der Waals surface area contributed by atoms with Gasteiger partial charge in [-0.25, -0.2) is 18.0 Å². The minimum absolute atomic E-state index is 0.0189. The van der Waals surface area contributed by atoms with Crippen molar-refractivity contribution in [3.63, 3.8) is 0 Å². The molecule has 11 heteroatoms. The summed E-state index contributed by atoms with van der Waals surface area (Å²) in [7, 11) is -3.84. The Kier molecular flexibility index (Phi) is 7.25. The predicted molar refractivity (Wildman–Crippen MR) is 131 cm³/mol. The minimum Gasteiger partial charge on any atom is -0.457 e. The molecule has 2 unspecified atom stereocenters. The Labute approximate surface area is 207 Å². The van der Waals surface area contributed by atoms with Gasteiger partial charge in [-0.1, -0.05) is 6.07 Å². The molecule has 10 nitrogen and oxygen atoms in total. The Morgan fingerprint density at radius 3 is 2.50 bits per heavy atom. The van der Waals surface area contributed by atoms with Crippen LogP contribution in [0.5, 0.6) is 0 Å². The molecule has 2 heterocycles. The Hall–Kier alpha value is -3.54. The van der Waals surface area contributed by atoms with Crippen molar-refractivity contribution in [2.75, 3.05) is 18.4 Å². The smallest absolute Gasteiger partial charge is 0.338 e. The average molecular weight is 515 g/mol. The molecule has 1 aromatic heterocycles. The zero-order chi connectivity index (χ0) is 26.0. The molecule has 0 radical (unpaired) electrons. The van der Waals surface area contributed by atoms with Crippen LogP contribution in [0.2, 0.25) is 0 Å². The molecule has 4 rings (SSSR count). The molecule has 1 aliphatic rings. The lowest BCUT2D eigenvalue weighted by Gasteiger charge is -2.34. The molecule has 1 N–H and O–H groups in total. The van der Waals surface area contributed by atoms with E-state index < -0.39 is 21.6 Å². The van der Waals surface area contributed by atoms with Crippen LogP contribution in [0.4, 0.5) is 5.69 Å². The monoisotopic (exact) mass is 514 g/mol. The number of amides is 1. The first-order valence-corrected chi connectivity index (χ1v) is 12.7. The van der Waals surface area contributed by atoms with Crippen LogP contribution in [0.25, 0.3) is 11.0 Å². The highest BCUT2D eigenvalue weighted by Gasteiger charge is 2.32. The molecule has 0 saturated carbocycles. The van der Waals surface area contributed by atoms with E-state index in [-0.39, 0.29) is 53.9 Å². The van der Waals surface area contributed by atoms with Crippen molar-refractivity contribution in [3.05, 3.63) is 70.1 Å². The van der Waals surface area contributed by atoms with E-state index >= 15 is 0 Å². The van der Waals surface area contributed by atoms with Crippen molar-refractivity contribution in [2.24, 2.45) is 0 Å². The molecule has 0 bridgehead atoms. The third kappa shape index (κ3) is 5.64. The van der Waals surface area contributed by atoms with Crippen molar-refractivity contribution in [3.8, 4) is 0 Å². The highest BCUT2D eigenvalue weighted by Crippen LogP contribution is 2.24. The third-order valence-corrected chi connectivity index (χ3v) is 7.43. The Morgan fingerprint density at radius 2 is 1.81 bits per heavy atom. The number of benzene rings is 2. The van der Waals surface area contributed by atoms with Crippen molar-refractivity contribution in [2.45, 2.75) is 44.5 Å². The summed E-state index contributed by atoms with van der Waals surface area (Å²) in [6, 6.07) is 11.6. The SMILES string of the molecule is CC(=O)Nc1ccc2c(COC(=O)c3cccc(S(=O)(=O)N4CC(C)OC(C)C4)c3)cc(=O)oc2c1. The standard InChI is InChI=1S/C25H26N2O8S/c1-15-12-27(13-16(2)34-15)36(31,32)21-6-4-5-18(9-21)25(30)33-14-19-10-24(29)35-23-11-20(26-17(3)28)7-8-22(19)23/h4-11,15-16H,12-14H2,1-3H3,(H,26,28). The first-order valence-electron chi connectivity index (χ1n) is 11.3. The summed E-state index contributed by atoms with van der Waals surface area (Å²) in [6.07, 6.45) is -0.492. The second-order valence-corrected chi connectivity index (χ2v) is 10.6. The van der Waals surface area contributed by atoms with Crippen LogP contribution in [-0.2, 0) is 30.9 Å². The van der Waals surface area contributed by atoms with Gasteiger partial charge in [-0.15, -0.1) is 0 Å². The van der Waals surface area contributed by atoms with Gasteiger partial charge in [0.15, 0.2) is 0 Å². The quantitative estimate of drug-likeness (QED) is 0.392. The summed E-state index contributed by atoms with van der Waals surface area (Å²) in [5.41, 5.74) is 0.501. The van der Waals surface area contributed by atoms with Crippen LogP contribution in [0, 0.1) is 0 Å². The minimum atomic E-state index is -3.84. The fourth-order valence-corrected chi connectivity index (χ4v) is 5.75. The molecule has 0 aliphatic carbocycles. The molecule has 0 spiro atoms. The van der Waals surface area contributed by atoms with Crippen LogP contribution in [0.15, 0.2) is 62.6 Å². The highest BCUT2D eigenvalue weighted by atomic mass is 32.2.